The molecule has 6 rings (SSSR count). The van der Waals surface area contributed by atoms with Crippen LogP contribution >= 0.6 is 0 Å². The van der Waals surface area contributed by atoms with Crippen molar-refractivity contribution in [1.82, 2.24) is 0 Å². The molecular weight excluding hydrogens is 731 g/mol. The summed E-state index contributed by atoms with van der Waals surface area (Å²) in [6.07, 6.45) is 9.99. The summed E-state index contributed by atoms with van der Waals surface area (Å²) in [4.78, 5) is 0. The van der Waals surface area contributed by atoms with Crippen LogP contribution in [0.1, 0.15) is 100 Å². The predicted molar refractivity (Wildman–Crippen MR) is 209 cm³/mol. The molecule has 0 fully saturated rings. The first-order chi connectivity index (χ1) is 21.5. The molecular formula is C46H58Hf. The van der Waals surface area contributed by atoms with Crippen molar-refractivity contribution in [3.05, 3.63) is 129 Å². The summed E-state index contributed by atoms with van der Waals surface area (Å²) in [5, 5.41) is 0. The van der Waals surface area contributed by atoms with Gasteiger partial charge in [-0.15, -0.1) is 0 Å². The Morgan fingerprint density at radius 2 is 0.957 bits per heavy atom. The molecule has 0 nitrogen and oxygen atoms in total. The van der Waals surface area contributed by atoms with Crippen molar-refractivity contribution in [2.24, 2.45) is 0 Å². The van der Waals surface area contributed by atoms with Crippen molar-refractivity contribution in [1.29, 1.82) is 0 Å². The Labute approximate surface area is 280 Å². The van der Waals surface area contributed by atoms with Gasteiger partial charge in [0.15, 0.2) is 0 Å². The van der Waals surface area contributed by atoms with Gasteiger partial charge in [0.2, 0.25) is 0 Å². The van der Waals surface area contributed by atoms with Crippen molar-refractivity contribution >= 4 is 16.4 Å². The normalized spacial score (nSPS) is 19.9. The van der Waals surface area contributed by atoms with Crippen LogP contribution in [0.4, 0.5) is 0 Å². The van der Waals surface area contributed by atoms with Crippen molar-refractivity contribution in [2.75, 3.05) is 0 Å². The Kier molecular flexibility index (Phi) is 6.96. The van der Waals surface area contributed by atoms with Gasteiger partial charge in [-0.25, -0.2) is 0 Å². The molecule has 2 aliphatic carbocycles. The number of aryl methyl sites for hydroxylation is 2. The fourth-order valence-corrected chi connectivity index (χ4v) is 34.3. The molecule has 0 N–H and O–H groups in total. The number of benzene rings is 4. The van der Waals surface area contributed by atoms with E-state index in [4.69, 9.17) is 4.26 Å². The fourth-order valence-electron chi connectivity index (χ4n) is 9.15. The van der Waals surface area contributed by atoms with Gasteiger partial charge in [-0.05, 0) is 0 Å². The van der Waals surface area contributed by atoms with Gasteiger partial charge in [0, 0.05) is 0 Å². The summed E-state index contributed by atoms with van der Waals surface area (Å²) >= 11 is -5.17. The van der Waals surface area contributed by atoms with Crippen LogP contribution in [0.2, 0.25) is 18.2 Å². The molecule has 0 aliphatic heterocycles. The first kappa shape index (κ1) is 34.0. The topological polar surface area (TPSA) is 0 Å². The number of hydrogen-bond acceptors (Lipinski definition) is 0. The third kappa shape index (κ3) is 5.13. The Morgan fingerprint density at radius 3 is 1.28 bits per heavy atom. The zero-order valence-corrected chi connectivity index (χ0v) is 34.9. The zero-order chi connectivity index (χ0) is 34.5. The van der Waals surface area contributed by atoms with E-state index in [-0.39, 0.29) is 18.2 Å². The SMILES string of the molecule is [CH2]=[Hf]([CH3])([CH3])([CH3])([CH2]C)([CH]1C=Cc2c(-c3ccc(C(C)(C)C)cc3C)cccc21)[CH]1C=Cc2c(-c3ccc(C(C)(C)C)cc3C)cccc21. The third-order valence-electron chi connectivity index (χ3n) is 13.4. The summed E-state index contributed by atoms with van der Waals surface area (Å²) < 4.78 is 15.3. The number of allylic oxidation sites excluding steroid dienone is 2. The second kappa shape index (κ2) is 9.62. The summed E-state index contributed by atoms with van der Waals surface area (Å²) in [5.41, 5.74) is 16.8. The van der Waals surface area contributed by atoms with Gasteiger partial charge < -0.3 is 0 Å². The van der Waals surface area contributed by atoms with E-state index < -0.39 is 15.1 Å². The Balaban J connectivity index is 1.50. The first-order valence-electron chi connectivity index (χ1n) is 17.9. The maximum atomic E-state index is 5.66. The first-order valence-corrected chi connectivity index (χ1v) is 38.0. The van der Waals surface area contributed by atoms with Gasteiger partial charge in [0.25, 0.3) is 0 Å². The van der Waals surface area contributed by atoms with E-state index in [1.807, 2.05) is 0 Å². The van der Waals surface area contributed by atoms with Crippen LogP contribution in [0, 0.1) is 13.8 Å². The standard InChI is InChI=1S/2C20H21.C2H5.3CH3.CH2.Hf/c2*1-14-13-16(20(2,3)4)11-12-17(14)19-10-6-8-15-7-5-9-18(15)19;1-2;;;;;/h2*5-13H,1-4H3;1H2,2H3;3*1H3;1H2;. The summed E-state index contributed by atoms with van der Waals surface area (Å²) in [5.74, 6) is 0. The molecule has 0 aromatic heterocycles. The summed E-state index contributed by atoms with van der Waals surface area (Å²) in [6.45, 7) is 20.8. The van der Waals surface area contributed by atoms with E-state index in [1.165, 1.54) is 66.8 Å². The molecule has 0 radical (unpaired) electrons. The van der Waals surface area contributed by atoms with E-state index >= 15 is 0 Å². The minimum absolute atomic E-state index is 0.132. The maximum absolute atomic E-state index is 5.66. The van der Waals surface area contributed by atoms with Crippen LogP contribution in [-0.4, -0.2) is 4.26 Å². The molecule has 0 bridgehead atoms. The fraction of sp³-hybridized carbons (Fsp3) is 0.370. The van der Waals surface area contributed by atoms with Crippen LogP contribution in [0.5, 0.6) is 0 Å². The molecule has 0 spiro atoms. The summed E-state index contributed by atoms with van der Waals surface area (Å²) in [7, 11) is 0. The molecule has 0 saturated heterocycles. The molecule has 0 amide bonds. The summed E-state index contributed by atoms with van der Waals surface area (Å²) in [6, 6.07) is 28.2. The molecule has 2 aliphatic rings. The predicted octanol–water partition coefficient (Wildman–Crippen LogP) is 13.8. The molecule has 4 aromatic carbocycles. The van der Waals surface area contributed by atoms with E-state index in [2.05, 4.69) is 173 Å². The quantitative estimate of drug-likeness (QED) is 0.177. The zero-order valence-electron chi connectivity index (χ0n) is 31.3. The van der Waals surface area contributed by atoms with Crippen LogP contribution < -0.4 is 0 Å². The van der Waals surface area contributed by atoms with Crippen LogP contribution in [0.15, 0.2) is 84.9 Å². The average molecular weight is 789 g/mol. The number of rotatable bonds is 5. The molecule has 0 heterocycles. The van der Waals surface area contributed by atoms with Gasteiger partial charge >= 0.3 is 282 Å². The monoisotopic (exact) mass is 790 g/mol. The third-order valence-corrected chi connectivity index (χ3v) is 51.7. The molecule has 2 unspecified atom stereocenters. The Bertz CT molecular complexity index is 2000. The molecule has 4 aromatic rings. The average Bonchev–Trinajstić information content (AvgIpc) is 3.63. The second-order valence-corrected chi connectivity index (χ2v) is 75.1. The van der Waals surface area contributed by atoms with Crippen molar-refractivity contribution in [3.63, 3.8) is 0 Å². The van der Waals surface area contributed by atoms with E-state index in [9.17, 15) is 0 Å². The Morgan fingerprint density at radius 1 is 0.574 bits per heavy atom. The molecule has 47 heavy (non-hydrogen) atoms. The van der Waals surface area contributed by atoms with Crippen LogP contribution in [-0.2, 0) is 25.9 Å². The van der Waals surface area contributed by atoms with Gasteiger partial charge in [-0.2, -0.15) is 0 Å². The Hall–Kier alpha value is -2.90. The van der Waals surface area contributed by atoms with Gasteiger partial charge in [-0.3, -0.25) is 0 Å². The molecule has 2 atom stereocenters. The van der Waals surface area contributed by atoms with Gasteiger partial charge in [-0.1, -0.05) is 0 Å². The molecule has 246 valence electrons. The number of fused-ring (bicyclic) bond motifs is 2. The number of hydrogen-bond donors (Lipinski definition) is 0. The van der Waals surface area contributed by atoms with Gasteiger partial charge in [0.1, 0.15) is 0 Å². The van der Waals surface area contributed by atoms with Crippen LogP contribution in [0.3, 0.4) is 0 Å². The second-order valence-electron chi connectivity index (χ2n) is 20.8. The molecule has 1 heteroatoms. The van der Waals surface area contributed by atoms with E-state index in [0.29, 0.717) is 0 Å². The van der Waals surface area contributed by atoms with Crippen molar-refractivity contribution < 1.29 is 15.1 Å². The molecule has 0 saturated carbocycles. The van der Waals surface area contributed by atoms with Crippen molar-refractivity contribution in [2.45, 2.75) is 98.7 Å². The van der Waals surface area contributed by atoms with E-state index in [0.717, 1.165) is 4.18 Å². The van der Waals surface area contributed by atoms with Crippen LogP contribution in [0.25, 0.3) is 34.4 Å². The van der Waals surface area contributed by atoms with Crippen molar-refractivity contribution in [3.8, 4) is 22.3 Å². The van der Waals surface area contributed by atoms with E-state index in [1.54, 1.807) is 0 Å². The van der Waals surface area contributed by atoms with Gasteiger partial charge in [0.05, 0.1) is 0 Å². The minimum atomic E-state index is -5.17.